The number of likely N-dealkylation sites (N-methyl/N-ethyl adjacent to an activating group) is 1. The van der Waals surface area contributed by atoms with Crippen LogP contribution in [0.15, 0.2) is 46.9 Å². The fourth-order valence-electron chi connectivity index (χ4n) is 4.10. The van der Waals surface area contributed by atoms with Crippen molar-refractivity contribution in [3.05, 3.63) is 69.9 Å². The summed E-state index contributed by atoms with van der Waals surface area (Å²) in [6.07, 6.45) is 0. The van der Waals surface area contributed by atoms with E-state index in [4.69, 9.17) is 16.0 Å². The number of carbonyl (C=O) groups is 1. The van der Waals surface area contributed by atoms with Crippen LogP contribution in [-0.2, 0) is 0 Å². The zero-order valence-electron chi connectivity index (χ0n) is 17.7. The average molecular weight is 426 g/mol. The van der Waals surface area contributed by atoms with Crippen LogP contribution in [0.4, 0.5) is 0 Å². The lowest BCUT2D eigenvalue weighted by atomic mass is 10.0. The van der Waals surface area contributed by atoms with Crippen molar-refractivity contribution in [1.29, 1.82) is 0 Å². The lowest BCUT2D eigenvalue weighted by Gasteiger charge is -2.38. The summed E-state index contributed by atoms with van der Waals surface area (Å²) in [5.74, 6) is 0.221. The molecule has 0 bridgehead atoms. The van der Waals surface area contributed by atoms with E-state index in [2.05, 4.69) is 28.2 Å². The van der Waals surface area contributed by atoms with Gasteiger partial charge < -0.3 is 14.6 Å². The summed E-state index contributed by atoms with van der Waals surface area (Å²) in [5.41, 5.74) is 3.93. The van der Waals surface area contributed by atoms with Gasteiger partial charge in [0.25, 0.3) is 5.91 Å². The highest BCUT2D eigenvalue weighted by molar-refractivity contribution is 6.30. The Morgan fingerprint density at radius 3 is 2.50 bits per heavy atom. The van der Waals surface area contributed by atoms with Crippen molar-refractivity contribution in [2.75, 3.05) is 39.8 Å². The Hall–Kier alpha value is -2.34. The first kappa shape index (κ1) is 20.9. The summed E-state index contributed by atoms with van der Waals surface area (Å²) in [4.78, 5) is 17.7. The van der Waals surface area contributed by atoms with Gasteiger partial charge in [-0.25, -0.2) is 0 Å². The number of rotatable bonds is 5. The Labute approximate surface area is 182 Å². The van der Waals surface area contributed by atoms with Crippen molar-refractivity contribution in [3.8, 4) is 0 Å². The van der Waals surface area contributed by atoms with Crippen molar-refractivity contribution in [2.24, 2.45) is 0 Å². The summed E-state index contributed by atoms with van der Waals surface area (Å²) >= 11 is 6.09. The molecule has 1 N–H and O–H groups in total. The molecule has 1 amide bonds. The molecule has 1 atom stereocenters. The Morgan fingerprint density at radius 1 is 1.10 bits per heavy atom. The predicted molar refractivity (Wildman–Crippen MR) is 121 cm³/mol. The monoisotopic (exact) mass is 425 g/mol. The second kappa shape index (κ2) is 8.80. The minimum absolute atomic E-state index is 0.0897. The summed E-state index contributed by atoms with van der Waals surface area (Å²) in [5, 5.41) is 4.83. The largest absolute Gasteiger partial charge is 0.451 e. The molecule has 3 aromatic rings. The number of furan rings is 1. The molecule has 0 spiro atoms. The van der Waals surface area contributed by atoms with Crippen LogP contribution < -0.4 is 5.32 Å². The minimum Gasteiger partial charge on any atom is -0.451 e. The molecule has 1 aromatic heterocycles. The first-order valence-electron chi connectivity index (χ1n) is 10.4. The lowest BCUT2D eigenvalue weighted by molar-refractivity contribution is 0.0864. The predicted octanol–water partition coefficient (Wildman–Crippen LogP) is 4.42. The zero-order valence-corrected chi connectivity index (χ0v) is 18.5. The molecule has 2 heterocycles. The van der Waals surface area contributed by atoms with E-state index in [-0.39, 0.29) is 11.9 Å². The van der Waals surface area contributed by atoms with E-state index >= 15 is 0 Å². The summed E-state index contributed by atoms with van der Waals surface area (Å²) in [7, 11) is 2.14. The van der Waals surface area contributed by atoms with Crippen LogP contribution in [-0.4, -0.2) is 55.5 Å². The van der Waals surface area contributed by atoms with Gasteiger partial charge in [0.15, 0.2) is 5.76 Å². The molecule has 4 rings (SSSR count). The first-order chi connectivity index (χ1) is 14.4. The highest BCUT2D eigenvalue weighted by Crippen LogP contribution is 2.27. The highest BCUT2D eigenvalue weighted by Gasteiger charge is 2.26. The van der Waals surface area contributed by atoms with Crippen LogP contribution in [0.3, 0.4) is 0 Å². The van der Waals surface area contributed by atoms with Crippen LogP contribution in [0.25, 0.3) is 11.0 Å². The lowest BCUT2D eigenvalue weighted by Crippen LogP contribution is -2.48. The molecule has 1 saturated heterocycles. The Balaban J connectivity index is 1.54. The third-order valence-electron chi connectivity index (χ3n) is 5.99. The second-order valence-electron chi connectivity index (χ2n) is 8.17. The molecule has 2 aromatic carbocycles. The van der Waals surface area contributed by atoms with Gasteiger partial charge in [-0.2, -0.15) is 0 Å². The Morgan fingerprint density at radius 2 is 1.80 bits per heavy atom. The molecule has 0 radical (unpaired) electrons. The summed E-state index contributed by atoms with van der Waals surface area (Å²) in [6, 6.07) is 14.0. The van der Waals surface area contributed by atoms with Crippen molar-refractivity contribution in [2.45, 2.75) is 19.9 Å². The summed E-state index contributed by atoms with van der Waals surface area (Å²) in [6.45, 7) is 8.45. The maximum Gasteiger partial charge on any atom is 0.287 e. The quantitative estimate of drug-likeness (QED) is 0.657. The van der Waals surface area contributed by atoms with Crippen molar-refractivity contribution < 1.29 is 9.21 Å². The molecule has 6 heteroatoms. The van der Waals surface area contributed by atoms with Crippen LogP contribution in [0.2, 0.25) is 5.02 Å². The average Bonchev–Trinajstić information content (AvgIpc) is 3.06. The van der Waals surface area contributed by atoms with Crippen LogP contribution in [0.1, 0.15) is 33.3 Å². The van der Waals surface area contributed by atoms with Gasteiger partial charge in [-0.1, -0.05) is 35.4 Å². The topological polar surface area (TPSA) is 48.7 Å². The maximum absolute atomic E-state index is 13.0. The number of aryl methyl sites for hydroxylation is 2. The molecular formula is C24H28ClN3O2. The SMILES string of the molecule is Cc1ccc2oc(C(=O)NCC(c3ccc(Cl)cc3)N3CCN(C)CC3)c(C)c2c1. The highest BCUT2D eigenvalue weighted by atomic mass is 35.5. The van der Waals surface area contributed by atoms with Crippen molar-refractivity contribution in [3.63, 3.8) is 0 Å². The molecule has 5 nitrogen and oxygen atoms in total. The van der Waals surface area contributed by atoms with Gasteiger partial charge in [-0.05, 0) is 50.7 Å². The van der Waals surface area contributed by atoms with E-state index in [9.17, 15) is 4.79 Å². The maximum atomic E-state index is 13.0. The first-order valence-corrected chi connectivity index (χ1v) is 10.8. The van der Waals surface area contributed by atoms with E-state index in [1.807, 2.05) is 50.2 Å². The summed E-state index contributed by atoms with van der Waals surface area (Å²) < 4.78 is 5.88. The number of benzene rings is 2. The van der Waals surface area contributed by atoms with Crippen LogP contribution in [0.5, 0.6) is 0 Å². The molecule has 0 aliphatic carbocycles. The van der Waals surface area contributed by atoms with Gasteiger partial charge in [-0.15, -0.1) is 0 Å². The number of amides is 1. The number of nitrogens with zero attached hydrogens (tertiary/aromatic N) is 2. The number of nitrogens with one attached hydrogen (secondary N) is 1. The number of carbonyl (C=O) groups excluding carboxylic acids is 1. The van der Waals surface area contributed by atoms with E-state index in [1.165, 1.54) is 0 Å². The van der Waals surface area contributed by atoms with Gasteiger partial charge in [-0.3, -0.25) is 9.69 Å². The smallest absolute Gasteiger partial charge is 0.287 e. The molecule has 30 heavy (non-hydrogen) atoms. The van der Waals surface area contributed by atoms with E-state index in [0.717, 1.165) is 53.8 Å². The minimum atomic E-state index is -0.172. The van der Waals surface area contributed by atoms with Crippen LogP contribution >= 0.6 is 11.6 Å². The molecular weight excluding hydrogens is 398 g/mol. The van der Waals surface area contributed by atoms with E-state index < -0.39 is 0 Å². The molecule has 1 fully saturated rings. The van der Waals surface area contributed by atoms with Gasteiger partial charge in [0.2, 0.25) is 0 Å². The third-order valence-corrected chi connectivity index (χ3v) is 6.24. The van der Waals surface area contributed by atoms with E-state index in [0.29, 0.717) is 17.3 Å². The van der Waals surface area contributed by atoms with Crippen LogP contribution in [0, 0.1) is 13.8 Å². The number of halogens is 1. The Kier molecular flexibility index (Phi) is 6.14. The van der Waals surface area contributed by atoms with Gasteiger partial charge >= 0.3 is 0 Å². The molecule has 1 unspecified atom stereocenters. The molecule has 1 aliphatic rings. The van der Waals surface area contributed by atoms with Crippen molar-refractivity contribution >= 4 is 28.5 Å². The van der Waals surface area contributed by atoms with Gasteiger partial charge in [0.1, 0.15) is 5.58 Å². The zero-order chi connectivity index (χ0) is 21.3. The van der Waals surface area contributed by atoms with Gasteiger partial charge in [0.05, 0.1) is 6.04 Å². The van der Waals surface area contributed by atoms with Gasteiger partial charge in [0, 0.05) is 48.7 Å². The third kappa shape index (κ3) is 4.38. The normalized spacial score (nSPS) is 16.7. The number of hydrogen-bond donors (Lipinski definition) is 1. The number of hydrogen-bond acceptors (Lipinski definition) is 4. The number of piperazine rings is 1. The van der Waals surface area contributed by atoms with E-state index in [1.54, 1.807) is 0 Å². The molecule has 1 aliphatic heterocycles. The molecule has 158 valence electrons. The number of fused-ring (bicyclic) bond motifs is 1. The Bertz CT molecular complexity index is 1040. The fourth-order valence-corrected chi connectivity index (χ4v) is 4.22. The standard InChI is InChI=1S/C24H28ClN3O2/c1-16-4-9-22-20(14-16)17(2)23(30-22)24(29)26-15-21(18-5-7-19(25)8-6-18)28-12-10-27(3)11-13-28/h4-9,14,21H,10-13,15H2,1-3H3,(H,26,29). The second-order valence-corrected chi connectivity index (χ2v) is 8.61. The molecule has 0 saturated carbocycles. The van der Waals surface area contributed by atoms with Crippen molar-refractivity contribution in [1.82, 2.24) is 15.1 Å². The fraction of sp³-hybridized carbons (Fsp3) is 0.375.